The van der Waals surface area contributed by atoms with Gasteiger partial charge in [-0.05, 0) is 24.1 Å². The number of alkyl halides is 3. The van der Waals surface area contributed by atoms with Crippen molar-refractivity contribution < 1.29 is 18.3 Å². The fourth-order valence-electron chi connectivity index (χ4n) is 1.20. The molecule has 0 fully saturated rings. The van der Waals surface area contributed by atoms with Crippen molar-refractivity contribution in [3.63, 3.8) is 0 Å². The zero-order valence-electron chi connectivity index (χ0n) is 7.98. The molecule has 84 valence electrons. The smallest absolute Gasteiger partial charge is 0.388 e. The molecule has 0 bridgehead atoms. The van der Waals surface area contributed by atoms with E-state index in [9.17, 15) is 18.3 Å². The zero-order valence-corrected chi connectivity index (χ0v) is 8.73. The van der Waals surface area contributed by atoms with Gasteiger partial charge < -0.3 is 5.11 Å². The Hall–Kier alpha value is -0.740. The molecule has 1 aromatic carbocycles. The molecule has 1 aromatic rings. The molecule has 0 aliphatic rings. The average molecular weight is 239 g/mol. The maximum Gasteiger partial charge on any atom is 0.417 e. The molecule has 15 heavy (non-hydrogen) atoms. The van der Waals surface area contributed by atoms with Crippen molar-refractivity contribution in [1.82, 2.24) is 0 Å². The molecule has 5 heteroatoms. The molecule has 0 saturated heterocycles. The predicted octanol–water partition coefficient (Wildman–Crippen LogP) is 3.80. The third kappa shape index (κ3) is 2.86. The van der Waals surface area contributed by atoms with E-state index in [2.05, 4.69) is 0 Å². The molecule has 1 rings (SSSR count). The topological polar surface area (TPSA) is 20.2 Å². The molecule has 0 aromatic heterocycles. The Labute approximate surface area is 90.5 Å². The van der Waals surface area contributed by atoms with Crippen molar-refractivity contribution in [2.24, 2.45) is 0 Å². The van der Waals surface area contributed by atoms with Gasteiger partial charge in [0.1, 0.15) is 0 Å². The highest BCUT2D eigenvalue weighted by Crippen LogP contribution is 2.36. The maximum absolute atomic E-state index is 12.4. The summed E-state index contributed by atoms with van der Waals surface area (Å²) in [6.07, 6.45) is -5.01. The Morgan fingerprint density at radius 2 is 2.00 bits per heavy atom. The highest BCUT2D eigenvalue weighted by molar-refractivity contribution is 6.31. The van der Waals surface area contributed by atoms with E-state index in [1.165, 1.54) is 6.07 Å². The van der Waals surface area contributed by atoms with Crippen molar-refractivity contribution in [2.75, 3.05) is 0 Å². The SMILES string of the molecule is CCC(O)c1ccc(Cl)c(C(F)(F)F)c1. The van der Waals surface area contributed by atoms with Crippen LogP contribution in [-0.4, -0.2) is 5.11 Å². The Kier molecular flexibility index (Phi) is 3.62. The molecule has 0 amide bonds. The summed E-state index contributed by atoms with van der Waals surface area (Å²) in [5, 5.41) is 9.05. The van der Waals surface area contributed by atoms with Gasteiger partial charge in [0.2, 0.25) is 0 Å². The number of hydrogen-bond acceptors (Lipinski definition) is 1. The van der Waals surface area contributed by atoms with Crippen LogP contribution in [0.25, 0.3) is 0 Å². The monoisotopic (exact) mass is 238 g/mol. The Bertz CT molecular complexity index is 349. The summed E-state index contributed by atoms with van der Waals surface area (Å²) in [4.78, 5) is 0. The molecular formula is C10H10ClF3O. The van der Waals surface area contributed by atoms with Crippen LogP contribution in [0, 0.1) is 0 Å². The van der Waals surface area contributed by atoms with E-state index in [1.807, 2.05) is 0 Å². The molecule has 1 N–H and O–H groups in total. The lowest BCUT2D eigenvalue weighted by Crippen LogP contribution is -2.07. The van der Waals surface area contributed by atoms with Gasteiger partial charge in [-0.25, -0.2) is 0 Å². The van der Waals surface area contributed by atoms with E-state index in [-0.39, 0.29) is 10.6 Å². The van der Waals surface area contributed by atoms with E-state index in [0.29, 0.717) is 6.42 Å². The number of benzene rings is 1. The van der Waals surface area contributed by atoms with Gasteiger partial charge >= 0.3 is 6.18 Å². The van der Waals surface area contributed by atoms with Gasteiger partial charge in [0.15, 0.2) is 0 Å². The van der Waals surface area contributed by atoms with Gasteiger partial charge in [0.25, 0.3) is 0 Å². The highest BCUT2D eigenvalue weighted by atomic mass is 35.5. The fraction of sp³-hybridized carbons (Fsp3) is 0.400. The van der Waals surface area contributed by atoms with Crippen molar-refractivity contribution >= 4 is 11.6 Å². The van der Waals surface area contributed by atoms with Crippen molar-refractivity contribution in [3.8, 4) is 0 Å². The van der Waals surface area contributed by atoms with Crippen molar-refractivity contribution in [1.29, 1.82) is 0 Å². The van der Waals surface area contributed by atoms with E-state index in [4.69, 9.17) is 11.6 Å². The Morgan fingerprint density at radius 1 is 1.40 bits per heavy atom. The van der Waals surface area contributed by atoms with Crippen molar-refractivity contribution in [3.05, 3.63) is 34.3 Å². The minimum Gasteiger partial charge on any atom is -0.388 e. The van der Waals surface area contributed by atoms with E-state index >= 15 is 0 Å². The first-order chi connectivity index (χ1) is 6.86. The first kappa shape index (κ1) is 12.3. The second-order valence-corrected chi connectivity index (χ2v) is 3.57. The molecular weight excluding hydrogens is 229 g/mol. The van der Waals surface area contributed by atoms with Crippen LogP contribution in [-0.2, 0) is 6.18 Å². The largest absolute Gasteiger partial charge is 0.417 e. The van der Waals surface area contributed by atoms with Gasteiger partial charge in [0.05, 0.1) is 16.7 Å². The van der Waals surface area contributed by atoms with Gasteiger partial charge in [-0.15, -0.1) is 0 Å². The molecule has 0 aliphatic carbocycles. The molecule has 0 heterocycles. The number of rotatable bonds is 2. The summed E-state index contributed by atoms with van der Waals surface area (Å²) < 4.78 is 37.3. The summed E-state index contributed by atoms with van der Waals surface area (Å²) >= 11 is 5.43. The van der Waals surface area contributed by atoms with Gasteiger partial charge in [0, 0.05) is 0 Å². The summed E-state index contributed by atoms with van der Waals surface area (Å²) in [5.74, 6) is 0. The van der Waals surface area contributed by atoms with Crippen LogP contribution in [0.2, 0.25) is 5.02 Å². The molecule has 1 atom stereocenters. The minimum atomic E-state index is -4.49. The Morgan fingerprint density at radius 3 is 2.47 bits per heavy atom. The number of aliphatic hydroxyl groups excluding tert-OH is 1. The summed E-state index contributed by atoms with van der Waals surface area (Å²) in [6.45, 7) is 1.69. The molecule has 0 spiro atoms. The van der Waals surface area contributed by atoms with E-state index in [1.54, 1.807) is 6.92 Å². The van der Waals surface area contributed by atoms with Crippen LogP contribution < -0.4 is 0 Å². The van der Waals surface area contributed by atoms with Crippen LogP contribution in [0.1, 0.15) is 30.6 Å². The molecule has 0 radical (unpaired) electrons. The van der Waals surface area contributed by atoms with Gasteiger partial charge in [-0.3, -0.25) is 0 Å². The molecule has 1 nitrogen and oxygen atoms in total. The number of aliphatic hydroxyl groups is 1. The van der Waals surface area contributed by atoms with Crippen LogP contribution in [0.4, 0.5) is 13.2 Å². The summed E-state index contributed by atoms with van der Waals surface area (Å²) in [6, 6.07) is 3.43. The van der Waals surface area contributed by atoms with Crippen LogP contribution in [0.3, 0.4) is 0 Å². The molecule has 0 saturated carbocycles. The highest BCUT2D eigenvalue weighted by Gasteiger charge is 2.33. The van der Waals surface area contributed by atoms with E-state index < -0.39 is 17.8 Å². The normalized spacial score (nSPS) is 14.0. The standard InChI is InChI=1S/C10H10ClF3O/c1-2-9(15)6-3-4-8(11)7(5-6)10(12,13)14/h3-5,9,15H,2H2,1H3. The first-order valence-corrected chi connectivity index (χ1v) is 4.78. The number of hydrogen-bond donors (Lipinski definition) is 1. The van der Waals surface area contributed by atoms with Crippen LogP contribution >= 0.6 is 11.6 Å². The van der Waals surface area contributed by atoms with Crippen LogP contribution in [0.5, 0.6) is 0 Å². The Balaban J connectivity index is 3.17. The zero-order chi connectivity index (χ0) is 11.6. The fourth-order valence-corrected chi connectivity index (χ4v) is 1.43. The number of halogens is 4. The summed E-state index contributed by atoms with van der Waals surface area (Å²) in [5.41, 5.74) is -0.677. The maximum atomic E-state index is 12.4. The summed E-state index contributed by atoms with van der Waals surface area (Å²) in [7, 11) is 0. The van der Waals surface area contributed by atoms with Gasteiger partial charge in [-0.2, -0.15) is 13.2 Å². The second kappa shape index (κ2) is 4.41. The van der Waals surface area contributed by atoms with E-state index in [0.717, 1.165) is 12.1 Å². The molecule has 0 aliphatic heterocycles. The second-order valence-electron chi connectivity index (χ2n) is 3.16. The third-order valence-corrected chi connectivity index (χ3v) is 2.40. The third-order valence-electron chi connectivity index (χ3n) is 2.07. The molecule has 1 unspecified atom stereocenters. The van der Waals surface area contributed by atoms with Crippen LogP contribution in [0.15, 0.2) is 18.2 Å². The lowest BCUT2D eigenvalue weighted by molar-refractivity contribution is -0.137. The quantitative estimate of drug-likeness (QED) is 0.831. The first-order valence-electron chi connectivity index (χ1n) is 4.41. The lowest BCUT2D eigenvalue weighted by Gasteiger charge is -2.13. The minimum absolute atomic E-state index is 0.231. The lowest BCUT2D eigenvalue weighted by atomic mass is 10.0. The van der Waals surface area contributed by atoms with Crippen molar-refractivity contribution in [2.45, 2.75) is 25.6 Å². The predicted molar refractivity (Wildman–Crippen MR) is 51.7 cm³/mol. The van der Waals surface area contributed by atoms with Gasteiger partial charge in [-0.1, -0.05) is 24.6 Å². The average Bonchev–Trinajstić information content (AvgIpc) is 2.15.